The number of hydrogen-bond acceptors (Lipinski definition) is 4. The van der Waals surface area contributed by atoms with Crippen LogP contribution < -0.4 is 5.32 Å². The fourth-order valence-electron chi connectivity index (χ4n) is 2.37. The molecular weight excluding hydrogens is 232 g/mol. The molecule has 1 fully saturated rings. The van der Waals surface area contributed by atoms with Crippen LogP contribution in [0, 0.1) is 0 Å². The van der Waals surface area contributed by atoms with Gasteiger partial charge in [-0.05, 0) is 31.5 Å². The van der Waals surface area contributed by atoms with Crippen molar-refractivity contribution in [2.75, 3.05) is 19.6 Å². The van der Waals surface area contributed by atoms with Gasteiger partial charge < -0.3 is 14.8 Å². The molecule has 0 saturated carbocycles. The zero-order valence-electron chi connectivity index (χ0n) is 10.5. The highest BCUT2D eigenvalue weighted by molar-refractivity contribution is 5.66. The molecule has 1 aliphatic heterocycles. The second kappa shape index (κ2) is 6.56. The molecule has 0 aromatic carbocycles. The summed E-state index contributed by atoms with van der Waals surface area (Å²) in [6, 6.07) is 4.12. The Morgan fingerprint density at radius 3 is 3.22 bits per heavy atom. The second-order valence-corrected chi connectivity index (χ2v) is 4.69. The molecular formula is C13H20N2O3. The van der Waals surface area contributed by atoms with Crippen molar-refractivity contribution in [3.05, 3.63) is 24.2 Å². The minimum absolute atomic E-state index is 0.223. The quantitative estimate of drug-likeness (QED) is 0.827. The minimum Gasteiger partial charge on any atom is -0.481 e. The Morgan fingerprint density at radius 2 is 2.50 bits per heavy atom. The molecule has 2 rings (SSSR count). The van der Waals surface area contributed by atoms with Gasteiger partial charge in [0.1, 0.15) is 5.76 Å². The Balaban J connectivity index is 1.95. The predicted molar refractivity (Wildman–Crippen MR) is 67.3 cm³/mol. The molecule has 0 amide bonds. The summed E-state index contributed by atoms with van der Waals surface area (Å²) in [6.07, 6.45) is 3.67. The van der Waals surface area contributed by atoms with Crippen LogP contribution in [0.1, 0.15) is 25.0 Å². The summed E-state index contributed by atoms with van der Waals surface area (Å²) in [6.45, 7) is 3.60. The maximum absolute atomic E-state index is 10.7. The molecule has 1 aliphatic rings. The van der Waals surface area contributed by atoms with Gasteiger partial charge in [0.2, 0.25) is 0 Å². The Morgan fingerprint density at radius 1 is 1.61 bits per heavy atom. The lowest BCUT2D eigenvalue weighted by Crippen LogP contribution is -2.39. The zero-order valence-corrected chi connectivity index (χ0v) is 10.5. The van der Waals surface area contributed by atoms with E-state index in [1.807, 2.05) is 12.1 Å². The smallest absolute Gasteiger partial charge is 0.303 e. The van der Waals surface area contributed by atoms with E-state index >= 15 is 0 Å². The topological polar surface area (TPSA) is 65.7 Å². The van der Waals surface area contributed by atoms with Gasteiger partial charge in [-0.15, -0.1) is 0 Å². The standard InChI is InChI=1S/C13H20N2O3/c16-13(17)5-4-11-9-14-6-2-7-15(11)10-12-3-1-8-18-12/h1,3,8,11,14H,2,4-7,9-10H2,(H,16,17). The molecule has 100 valence electrons. The first-order valence-corrected chi connectivity index (χ1v) is 6.44. The lowest BCUT2D eigenvalue weighted by atomic mass is 10.1. The minimum atomic E-state index is -0.725. The van der Waals surface area contributed by atoms with E-state index in [0.29, 0.717) is 6.42 Å². The Hall–Kier alpha value is -1.33. The van der Waals surface area contributed by atoms with E-state index in [1.54, 1.807) is 6.26 Å². The molecule has 5 nitrogen and oxygen atoms in total. The number of furan rings is 1. The third kappa shape index (κ3) is 3.85. The van der Waals surface area contributed by atoms with E-state index in [-0.39, 0.29) is 12.5 Å². The van der Waals surface area contributed by atoms with Gasteiger partial charge in [0.05, 0.1) is 12.8 Å². The maximum Gasteiger partial charge on any atom is 0.303 e. The molecule has 0 aliphatic carbocycles. The van der Waals surface area contributed by atoms with E-state index < -0.39 is 5.97 Å². The number of nitrogens with one attached hydrogen (secondary N) is 1. The summed E-state index contributed by atoms with van der Waals surface area (Å²) in [5.74, 6) is 0.217. The number of rotatable bonds is 5. The Labute approximate surface area is 107 Å². The van der Waals surface area contributed by atoms with E-state index in [4.69, 9.17) is 9.52 Å². The zero-order chi connectivity index (χ0) is 12.8. The molecule has 1 unspecified atom stereocenters. The lowest BCUT2D eigenvalue weighted by Gasteiger charge is -2.28. The highest BCUT2D eigenvalue weighted by atomic mass is 16.4. The largest absolute Gasteiger partial charge is 0.481 e. The van der Waals surface area contributed by atoms with Crippen LogP contribution in [0.15, 0.2) is 22.8 Å². The molecule has 1 atom stereocenters. The third-order valence-corrected chi connectivity index (χ3v) is 3.33. The summed E-state index contributed by atoms with van der Waals surface area (Å²) in [7, 11) is 0. The van der Waals surface area contributed by atoms with Crippen molar-refractivity contribution in [1.82, 2.24) is 10.2 Å². The van der Waals surface area contributed by atoms with E-state index in [2.05, 4.69) is 10.2 Å². The normalized spacial score (nSPS) is 21.7. The molecule has 1 aromatic heterocycles. The van der Waals surface area contributed by atoms with E-state index in [1.165, 1.54) is 0 Å². The van der Waals surface area contributed by atoms with Gasteiger partial charge in [-0.2, -0.15) is 0 Å². The fourth-order valence-corrected chi connectivity index (χ4v) is 2.37. The summed E-state index contributed by atoms with van der Waals surface area (Å²) in [5, 5.41) is 12.2. The van der Waals surface area contributed by atoms with Crippen LogP contribution in [-0.4, -0.2) is 41.7 Å². The lowest BCUT2D eigenvalue weighted by molar-refractivity contribution is -0.137. The monoisotopic (exact) mass is 252 g/mol. The average Bonchev–Trinajstić information content (AvgIpc) is 2.74. The van der Waals surface area contributed by atoms with Gasteiger partial charge in [0.25, 0.3) is 0 Å². The third-order valence-electron chi connectivity index (χ3n) is 3.33. The van der Waals surface area contributed by atoms with Crippen LogP contribution in [0.2, 0.25) is 0 Å². The number of carbonyl (C=O) groups is 1. The molecule has 0 bridgehead atoms. The first kappa shape index (κ1) is 13.1. The van der Waals surface area contributed by atoms with Crippen molar-refractivity contribution in [2.45, 2.75) is 31.8 Å². The van der Waals surface area contributed by atoms with Crippen LogP contribution in [0.4, 0.5) is 0 Å². The number of carboxylic acid groups (broad SMARTS) is 1. The predicted octanol–water partition coefficient (Wildman–Crippen LogP) is 1.31. The van der Waals surface area contributed by atoms with Gasteiger partial charge in [0.15, 0.2) is 0 Å². The average molecular weight is 252 g/mol. The Kier molecular flexibility index (Phi) is 4.78. The maximum atomic E-state index is 10.7. The molecule has 2 N–H and O–H groups in total. The molecule has 0 radical (unpaired) electrons. The first-order chi connectivity index (χ1) is 8.75. The Bertz CT molecular complexity index is 364. The van der Waals surface area contributed by atoms with Gasteiger partial charge in [-0.1, -0.05) is 0 Å². The van der Waals surface area contributed by atoms with E-state index in [9.17, 15) is 4.79 Å². The van der Waals surface area contributed by atoms with Crippen molar-refractivity contribution < 1.29 is 14.3 Å². The summed E-state index contributed by atoms with van der Waals surface area (Å²) in [4.78, 5) is 13.0. The number of aliphatic carboxylic acids is 1. The van der Waals surface area contributed by atoms with Gasteiger partial charge >= 0.3 is 5.97 Å². The van der Waals surface area contributed by atoms with Gasteiger partial charge in [0, 0.05) is 25.6 Å². The molecule has 1 saturated heterocycles. The van der Waals surface area contributed by atoms with Crippen LogP contribution in [0.5, 0.6) is 0 Å². The number of nitrogens with zero attached hydrogens (tertiary/aromatic N) is 1. The van der Waals surface area contributed by atoms with Crippen LogP contribution >= 0.6 is 0 Å². The van der Waals surface area contributed by atoms with Crippen LogP contribution in [0.3, 0.4) is 0 Å². The van der Waals surface area contributed by atoms with Crippen molar-refractivity contribution in [3.63, 3.8) is 0 Å². The molecule has 18 heavy (non-hydrogen) atoms. The molecule has 5 heteroatoms. The fraction of sp³-hybridized carbons (Fsp3) is 0.615. The number of hydrogen-bond donors (Lipinski definition) is 2. The van der Waals surface area contributed by atoms with Crippen LogP contribution in [-0.2, 0) is 11.3 Å². The SMILES string of the molecule is O=C(O)CCC1CNCCCN1Cc1ccco1. The summed E-state index contributed by atoms with van der Waals surface area (Å²) >= 11 is 0. The van der Waals surface area contributed by atoms with Crippen molar-refractivity contribution in [1.29, 1.82) is 0 Å². The van der Waals surface area contributed by atoms with Gasteiger partial charge in [-0.25, -0.2) is 0 Å². The summed E-state index contributed by atoms with van der Waals surface area (Å²) in [5.41, 5.74) is 0. The summed E-state index contributed by atoms with van der Waals surface area (Å²) < 4.78 is 5.37. The van der Waals surface area contributed by atoms with Crippen molar-refractivity contribution in [3.8, 4) is 0 Å². The second-order valence-electron chi connectivity index (χ2n) is 4.69. The highest BCUT2D eigenvalue weighted by Crippen LogP contribution is 2.15. The van der Waals surface area contributed by atoms with Crippen LogP contribution in [0.25, 0.3) is 0 Å². The molecule has 0 spiro atoms. The highest BCUT2D eigenvalue weighted by Gasteiger charge is 2.22. The first-order valence-electron chi connectivity index (χ1n) is 6.44. The number of carboxylic acids is 1. The van der Waals surface area contributed by atoms with Crippen molar-refractivity contribution >= 4 is 5.97 Å². The molecule has 1 aromatic rings. The van der Waals surface area contributed by atoms with E-state index in [0.717, 1.165) is 38.4 Å². The van der Waals surface area contributed by atoms with Gasteiger partial charge in [-0.3, -0.25) is 9.69 Å². The molecule has 2 heterocycles. The van der Waals surface area contributed by atoms with Crippen molar-refractivity contribution in [2.24, 2.45) is 0 Å².